The highest BCUT2D eigenvalue weighted by atomic mass is 16.5. The van der Waals surface area contributed by atoms with Crippen molar-refractivity contribution < 1.29 is 19.1 Å². The van der Waals surface area contributed by atoms with E-state index in [1.165, 1.54) is 6.92 Å². The van der Waals surface area contributed by atoms with E-state index in [-0.39, 0.29) is 29.9 Å². The summed E-state index contributed by atoms with van der Waals surface area (Å²) in [5.41, 5.74) is 1.68. The fraction of sp³-hybridized carbons (Fsp3) is 0.368. The smallest absolute Gasteiger partial charge is 0.302 e. The molecule has 0 spiro atoms. The van der Waals surface area contributed by atoms with Crippen LogP contribution in [0.15, 0.2) is 48.6 Å². The van der Waals surface area contributed by atoms with Gasteiger partial charge in [-0.05, 0) is 30.7 Å². The molecule has 0 radical (unpaired) electrons. The van der Waals surface area contributed by atoms with Gasteiger partial charge in [-0.1, -0.05) is 24.3 Å². The molecule has 3 atom stereocenters. The fourth-order valence-electron chi connectivity index (χ4n) is 3.43. The Labute approximate surface area is 141 Å². The summed E-state index contributed by atoms with van der Waals surface area (Å²) in [6.45, 7) is 5.39. The zero-order valence-corrected chi connectivity index (χ0v) is 13.9. The highest BCUT2D eigenvalue weighted by molar-refractivity contribution is 6.03. The average molecular weight is 327 g/mol. The first-order chi connectivity index (χ1) is 11.5. The monoisotopic (exact) mass is 327 g/mol. The van der Waals surface area contributed by atoms with Crippen LogP contribution in [0.2, 0.25) is 0 Å². The van der Waals surface area contributed by atoms with Crippen LogP contribution in [0.5, 0.6) is 5.75 Å². The van der Waals surface area contributed by atoms with Crippen molar-refractivity contribution in [1.82, 2.24) is 0 Å². The van der Waals surface area contributed by atoms with Crippen LogP contribution < -0.4 is 9.64 Å². The number of ether oxygens (including phenoxy) is 2. The summed E-state index contributed by atoms with van der Waals surface area (Å²) in [4.78, 5) is 25.9. The molecule has 5 heteroatoms. The van der Waals surface area contributed by atoms with Crippen LogP contribution >= 0.6 is 0 Å². The molecular weight excluding hydrogens is 306 g/mol. The summed E-state index contributed by atoms with van der Waals surface area (Å²) < 4.78 is 10.7. The molecule has 1 saturated heterocycles. The Balaban J connectivity index is 1.92. The Kier molecular flexibility index (Phi) is 4.42. The highest BCUT2D eigenvalue weighted by Gasteiger charge is 2.52. The summed E-state index contributed by atoms with van der Waals surface area (Å²) in [5, 5.41) is 0. The molecule has 0 saturated carbocycles. The van der Waals surface area contributed by atoms with Gasteiger partial charge in [-0.25, -0.2) is 0 Å². The predicted octanol–water partition coefficient (Wildman–Crippen LogP) is 2.86. The Morgan fingerprint density at radius 2 is 2.00 bits per heavy atom. The van der Waals surface area contributed by atoms with Crippen molar-refractivity contribution in [2.75, 3.05) is 12.0 Å². The minimum Gasteiger partial charge on any atom is -0.497 e. The maximum atomic E-state index is 12.6. The van der Waals surface area contributed by atoms with Gasteiger partial charge in [0.05, 0.1) is 19.1 Å². The van der Waals surface area contributed by atoms with Crippen LogP contribution in [0.25, 0.3) is 0 Å². The summed E-state index contributed by atoms with van der Waals surface area (Å²) in [5.74, 6) is 0.277. The van der Waals surface area contributed by atoms with Crippen molar-refractivity contribution in [1.29, 1.82) is 0 Å². The van der Waals surface area contributed by atoms with E-state index in [4.69, 9.17) is 9.47 Å². The molecule has 2 aliphatic rings. The molecule has 3 rings (SSSR count). The number of carbonyl (C=O) groups excluding carboxylic acids is 2. The Bertz CT molecular complexity index is 692. The number of carbonyl (C=O) groups is 2. The fourth-order valence-corrected chi connectivity index (χ4v) is 3.43. The van der Waals surface area contributed by atoms with Crippen LogP contribution in [0.3, 0.4) is 0 Å². The molecular formula is C19H21NO4. The van der Waals surface area contributed by atoms with Crippen LogP contribution in [0, 0.1) is 5.92 Å². The van der Waals surface area contributed by atoms with Gasteiger partial charge in [0.1, 0.15) is 11.9 Å². The molecule has 5 nitrogen and oxygen atoms in total. The van der Waals surface area contributed by atoms with E-state index in [0.29, 0.717) is 12.8 Å². The normalized spacial score (nSPS) is 27.4. The first-order valence-corrected chi connectivity index (χ1v) is 8.00. The summed E-state index contributed by atoms with van der Waals surface area (Å²) in [7, 11) is 1.60. The highest BCUT2D eigenvalue weighted by Crippen LogP contribution is 2.40. The third-order valence-corrected chi connectivity index (χ3v) is 4.52. The van der Waals surface area contributed by atoms with Gasteiger partial charge >= 0.3 is 5.97 Å². The van der Waals surface area contributed by atoms with Crippen molar-refractivity contribution >= 4 is 17.6 Å². The summed E-state index contributed by atoms with van der Waals surface area (Å²) in [6.07, 6.45) is 4.66. The van der Waals surface area contributed by atoms with E-state index in [0.717, 1.165) is 17.0 Å². The lowest BCUT2D eigenvalue weighted by Gasteiger charge is -2.50. The number of allylic oxidation sites excluding steroid dienone is 2. The topological polar surface area (TPSA) is 55.8 Å². The molecule has 0 bridgehead atoms. The zero-order valence-electron chi connectivity index (χ0n) is 13.9. The van der Waals surface area contributed by atoms with Crippen LogP contribution in [-0.4, -0.2) is 31.1 Å². The second-order valence-electron chi connectivity index (χ2n) is 6.15. The first-order valence-electron chi connectivity index (χ1n) is 8.00. The third-order valence-electron chi connectivity index (χ3n) is 4.52. The molecule has 0 aromatic heterocycles. The van der Waals surface area contributed by atoms with E-state index in [1.807, 2.05) is 36.4 Å². The molecule has 0 unspecified atom stereocenters. The van der Waals surface area contributed by atoms with Gasteiger partial charge in [-0.3, -0.25) is 9.59 Å². The van der Waals surface area contributed by atoms with Crippen molar-refractivity contribution in [2.45, 2.75) is 31.9 Å². The first kappa shape index (κ1) is 16.3. The molecule has 1 amide bonds. The van der Waals surface area contributed by atoms with Gasteiger partial charge in [0.25, 0.3) is 0 Å². The molecule has 24 heavy (non-hydrogen) atoms. The Hall–Kier alpha value is -2.56. The number of β-lactam (4-membered cyclic amide) rings is 1. The number of methoxy groups -OCH3 is 1. The molecule has 1 aliphatic carbocycles. The number of amides is 1. The van der Waals surface area contributed by atoms with Crippen LogP contribution in [0.4, 0.5) is 5.69 Å². The van der Waals surface area contributed by atoms with Gasteiger partial charge in [-0.15, -0.1) is 0 Å². The molecule has 1 aromatic rings. The van der Waals surface area contributed by atoms with E-state index in [2.05, 4.69) is 6.58 Å². The lowest BCUT2D eigenvalue weighted by molar-refractivity contribution is -0.153. The lowest BCUT2D eigenvalue weighted by Crippen LogP contribution is -2.66. The second-order valence-corrected chi connectivity index (χ2v) is 6.15. The number of rotatable bonds is 3. The van der Waals surface area contributed by atoms with Gasteiger partial charge in [0.2, 0.25) is 5.91 Å². The standard InChI is InChI=1S/C19H21NO4/c1-12-5-4-6-16-18(17(11-12)24-13(2)21)20(19(16)22)14-7-9-15(23-3)10-8-14/h4-5,7-10,16-18H,1,6,11H2,2-3H3/b5-4-/t16-,17-,18-/m1/s1. The number of fused-ring (bicyclic) bond motifs is 1. The van der Waals surface area contributed by atoms with E-state index in [9.17, 15) is 9.59 Å². The van der Waals surface area contributed by atoms with E-state index >= 15 is 0 Å². The van der Waals surface area contributed by atoms with Gasteiger partial charge in [0.15, 0.2) is 0 Å². The molecule has 1 heterocycles. The minimum atomic E-state index is -0.384. The van der Waals surface area contributed by atoms with Crippen LogP contribution in [0.1, 0.15) is 19.8 Å². The molecule has 1 aromatic carbocycles. The number of anilines is 1. The van der Waals surface area contributed by atoms with Gasteiger partial charge in [-0.2, -0.15) is 0 Å². The quantitative estimate of drug-likeness (QED) is 0.633. The SMILES string of the molecule is C=C1/C=C\C[C@H]2C(=O)N(c3ccc(OC)cc3)[C@H]2[C@H](OC(C)=O)C1. The largest absolute Gasteiger partial charge is 0.497 e. The maximum Gasteiger partial charge on any atom is 0.302 e. The number of hydrogen-bond acceptors (Lipinski definition) is 4. The number of esters is 1. The van der Waals surface area contributed by atoms with Crippen molar-refractivity contribution in [2.24, 2.45) is 5.92 Å². The molecule has 126 valence electrons. The molecule has 1 aliphatic heterocycles. The van der Waals surface area contributed by atoms with E-state index < -0.39 is 0 Å². The predicted molar refractivity (Wildman–Crippen MR) is 90.8 cm³/mol. The molecule has 0 N–H and O–H groups in total. The van der Waals surface area contributed by atoms with Crippen molar-refractivity contribution in [3.8, 4) is 5.75 Å². The van der Waals surface area contributed by atoms with Crippen molar-refractivity contribution in [3.63, 3.8) is 0 Å². The second kappa shape index (κ2) is 6.51. The van der Waals surface area contributed by atoms with Gasteiger partial charge in [0, 0.05) is 19.0 Å². The lowest BCUT2D eigenvalue weighted by atomic mass is 9.77. The number of hydrogen-bond donors (Lipinski definition) is 0. The van der Waals surface area contributed by atoms with Crippen molar-refractivity contribution in [3.05, 3.63) is 48.6 Å². The Morgan fingerprint density at radius 3 is 2.62 bits per heavy atom. The number of nitrogens with zero attached hydrogens (tertiary/aromatic N) is 1. The molecule has 1 fully saturated rings. The summed E-state index contributed by atoms with van der Waals surface area (Å²) in [6, 6.07) is 7.16. The van der Waals surface area contributed by atoms with E-state index in [1.54, 1.807) is 12.0 Å². The maximum absolute atomic E-state index is 12.6. The third kappa shape index (κ3) is 2.94. The van der Waals surface area contributed by atoms with Crippen LogP contribution in [-0.2, 0) is 14.3 Å². The Morgan fingerprint density at radius 1 is 1.29 bits per heavy atom. The van der Waals surface area contributed by atoms with Gasteiger partial charge < -0.3 is 14.4 Å². The minimum absolute atomic E-state index is 0.0551. The number of benzene rings is 1. The zero-order chi connectivity index (χ0) is 17.3. The summed E-state index contributed by atoms with van der Waals surface area (Å²) >= 11 is 0. The average Bonchev–Trinajstić information content (AvgIpc) is 2.54.